The summed E-state index contributed by atoms with van der Waals surface area (Å²) in [7, 11) is 0. The topological polar surface area (TPSA) is 63.2 Å². The normalized spacial score (nSPS) is 20.1. The van der Waals surface area contributed by atoms with Gasteiger partial charge in [-0.2, -0.15) is 0 Å². The van der Waals surface area contributed by atoms with Crippen LogP contribution in [0.15, 0.2) is 60.8 Å². The second kappa shape index (κ2) is 6.91. The van der Waals surface area contributed by atoms with Gasteiger partial charge in [0, 0.05) is 23.2 Å². The van der Waals surface area contributed by atoms with Crippen LogP contribution in [-0.2, 0) is 4.79 Å². The van der Waals surface area contributed by atoms with Gasteiger partial charge in [-0.15, -0.1) is 0 Å². The van der Waals surface area contributed by atoms with Crippen molar-refractivity contribution < 1.29 is 9.53 Å². The highest BCUT2D eigenvalue weighted by Gasteiger charge is 2.57. The van der Waals surface area contributed by atoms with E-state index in [9.17, 15) is 4.79 Å². The summed E-state index contributed by atoms with van der Waals surface area (Å²) >= 11 is 0. The number of amides is 1. The van der Waals surface area contributed by atoms with Crippen LogP contribution in [0, 0.1) is 11.3 Å². The molecule has 0 bridgehead atoms. The number of ether oxygens (including phenoxy) is 1. The number of anilines is 1. The molecule has 1 aromatic heterocycles. The summed E-state index contributed by atoms with van der Waals surface area (Å²) in [5, 5.41) is 7.42. The Balaban J connectivity index is 1.25. The highest BCUT2D eigenvalue weighted by Crippen LogP contribution is 2.58. The average molecular weight is 373 g/mol. The molecular weight excluding hydrogens is 350 g/mol. The summed E-state index contributed by atoms with van der Waals surface area (Å²) in [6.07, 6.45) is 4.99. The summed E-state index contributed by atoms with van der Waals surface area (Å²) in [5.74, 6) is 1.81. The molecule has 2 aliphatic rings. The van der Waals surface area contributed by atoms with Crippen molar-refractivity contribution in [3.05, 3.63) is 60.8 Å². The van der Waals surface area contributed by atoms with Gasteiger partial charge in [0.15, 0.2) is 0 Å². The van der Waals surface area contributed by atoms with Crippen LogP contribution in [0.1, 0.15) is 19.3 Å². The van der Waals surface area contributed by atoms with E-state index in [0.29, 0.717) is 0 Å². The third-order valence-corrected chi connectivity index (χ3v) is 6.06. The molecule has 28 heavy (non-hydrogen) atoms. The fraction of sp³-hybridized carbons (Fsp3) is 0.304. The predicted molar refractivity (Wildman–Crippen MR) is 110 cm³/mol. The number of benzene rings is 2. The van der Waals surface area contributed by atoms with Crippen LogP contribution >= 0.6 is 0 Å². The molecule has 1 aliphatic carbocycles. The zero-order chi connectivity index (χ0) is 19.0. The van der Waals surface area contributed by atoms with Crippen molar-refractivity contribution in [2.45, 2.75) is 19.3 Å². The molecule has 3 aromatic rings. The quantitative estimate of drug-likeness (QED) is 0.713. The van der Waals surface area contributed by atoms with Gasteiger partial charge in [0.25, 0.3) is 0 Å². The van der Waals surface area contributed by atoms with E-state index in [4.69, 9.17) is 4.74 Å². The Morgan fingerprint density at radius 1 is 1.07 bits per heavy atom. The van der Waals surface area contributed by atoms with Gasteiger partial charge in [0.05, 0.1) is 5.52 Å². The molecule has 5 heteroatoms. The molecule has 2 aromatic carbocycles. The third-order valence-electron chi connectivity index (χ3n) is 6.06. The van der Waals surface area contributed by atoms with Crippen LogP contribution in [0.3, 0.4) is 0 Å². The molecular formula is C23H23N3O2. The van der Waals surface area contributed by atoms with E-state index in [-0.39, 0.29) is 17.2 Å². The van der Waals surface area contributed by atoms with E-state index in [1.54, 1.807) is 6.20 Å². The minimum atomic E-state index is 0.149. The minimum Gasteiger partial charge on any atom is -0.457 e. The van der Waals surface area contributed by atoms with Gasteiger partial charge in [-0.25, -0.2) is 0 Å². The largest absolute Gasteiger partial charge is 0.457 e. The molecule has 1 saturated heterocycles. The van der Waals surface area contributed by atoms with Gasteiger partial charge in [-0.1, -0.05) is 12.1 Å². The number of carbonyl (C=O) groups is 1. The monoisotopic (exact) mass is 373 g/mol. The smallest absolute Gasteiger partial charge is 0.228 e. The maximum Gasteiger partial charge on any atom is 0.228 e. The second-order valence-corrected chi connectivity index (χ2v) is 7.81. The molecule has 1 spiro atoms. The van der Waals surface area contributed by atoms with Crippen molar-refractivity contribution in [2.75, 3.05) is 18.4 Å². The Morgan fingerprint density at radius 2 is 1.86 bits per heavy atom. The first-order valence-electron chi connectivity index (χ1n) is 9.87. The number of carbonyl (C=O) groups excluding carboxylic acids is 1. The Labute approximate surface area is 164 Å². The highest BCUT2D eigenvalue weighted by molar-refractivity contribution is 5.95. The van der Waals surface area contributed by atoms with Gasteiger partial charge in [0.1, 0.15) is 11.5 Å². The summed E-state index contributed by atoms with van der Waals surface area (Å²) < 4.78 is 6.04. The molecule has 2 heterocycles. The van der Waals surface area contributed by atoms with Crippen molar-refractivity contribution >= 4 is 22.5 Å². The van der Waals surface area contributed by atoms with E-state index >= 15 is 0 Å². The number of pyridine rings is 1. The number of hydrogen-bond donors (Lipinski definition) is 2. The van der Waals surface area contributed by atoms with Gasteiger partial charge in [-0.05, 0) is 80.2 Å². The number of rotatable bonds is 4. The number of fused-ring (bicyclic) bond motifs is 1. The van der Waals surface area contributed by atoms with Crippen molar-refractivity contribution in [1.82, 2.24) is 10.3 Å². The van der Waals surface area contributed by atoms with Gasteiger partial charge < -0.3 is 15.4 Å². The third kappa shape index (κ3) is 3.22. The number of nitrogens with zero attached hydrogens (tertiary/aromatic N) is 1. The first-order valence-corrected chi connectivity index (χ1v) is 9.87. The molecule has 5 nitrogen and oxygen atoms in total. The van der Waals surface area contributed by atoms with Crippen molar-refractivity contribution in [3.63, 3.8) is 0 Å². The summed E-state index contributed by atoms with van der Waals surface area (Å²) in [5.41, 5.74) is 1.97. The molecule has 2 fully saturated rings. The zero-order valence-corrected chi connectivity index (χ0v) is 15.7. The van der Waals surface area contributed by atoms with Crippen LogP contribution in [0.2, 0.25) is 0 Å². The van der Waals surface area contributed by atoms with Crippen LogP contribution in [0.5, 0.6) is 11.5 Å². The fourth-order valence-electron chi connectivity index (χ4n) is 4.32. The maximum atomic E-state index is 12.6. The lowest BCUT2D eigenvalue weighted by molar-refractivity contribution is -0.118. The minimum absolute atomic E-state index is 0.149. The summed E-state index contributed by atoms with van der Waals surface area (Å²) in [6, 6.07) is 17.3. The Bertz CT molecular complexity index is 1000. The standard InChI is InChI=1S/C23H23N3O2/c27-22(19-15-23(19)10-13-24-14-11-23)26-16-5-7-17(8-6-16)28-21-9-12-25-20-4-2-1-3-18(20)21/h1-9,12,19,24H,10-11,13-15H2,(H,26,27). The number of para-hydroxylation sites is 1. The number of piperidine rings is 1. The van der Waals surface area contributed by atoms with Gasteiger partial charge in [0.2, 0.25) is 5.91 Å². The second-order valence-electron chi connectivity index (χ2n) is 7.81. The Hall–Kier alpha value is -2.92. The molecule has 0 radical (unpaired) electrons. The fourth-order valence-corrected chi connectivity index (χ4v) is 4.32. The zero-order valence-electron chi connectivity index (χ0n) is 15.7. The van der Waals surface area contributed by atoms with Crippen LogP contribution in [0.25, 0.3) is 10.9 Å². The molecule has 5 rings (SSSR count). The van der Waals surface area contributed by atoms with Crippen LogP contribution in [0.4, 0.5) is 5.69 Å². The van der Waals surface area contributed by atoms with E-state index in [0.717, 1.165) is 60.4 Å². The number of aromatic nitrogens is 1. The number of hydrogen-bond acceptors (Lipinski definition) is 4. The number of nitrogens with one attached hydrogen (secondary N) is 2. The van der Waals surface area contributed by atoms with Crippen LogP contribution < -0.4 is 15.4 Å². The molecule has 1 unspecified atom stereocenters. The van der Waals surface area contributed by atoms with Crippen LogP contribution in [-0.4, -0.2) is 24.0 Å². The lowest BCUT2D eigenvalue weighted by atomic mass is 9.92. The van der Waals surface area contributed by atoms with Crippen molar-refractivity contribution in [3.8, 4) is 11.5 Å². The van der Waals surface area contributed by atoms with Crippen molar-refractivity contribution in [1.29, 1.82) is 0 Å². The SMILES string of the molecule is O=C(Nc1ccc(Oc2ccnc3ccccc23)cc1)C1CC12CCNCC2. The maximum absolute atomic E-state index is 12.6. The van der Waals surface area contributed by atoms with Crippen molar-refractivity contribution in [2.24, 2.45) is 11.3 Å². The molecule has 2 N–H and O–H groups in total. The van der Waals surface area contributed by atoms with E-state index in [2.05, 4.69) is 15.6 Å². The van der Waals surface area contributed by atoms with E-state index in [1.165, 1.54) is 0 Å². The predicted octanol–water partition coefficient (Wildman–Crippen LogP) is 4.36. The molecule has 142 valence electrons. The van der Waals surface area contributed by atoms with E-state index in [1.807, 2.05) is 54.6 Å². The van der Waals surface area contributed by atoms with Gasteiger partial charge in [-0.3, -0.25) is 9.78 Å². The Kier molecular flexibility index (Phi) is 4.24. The summed E-state index contributed by atoms with van der Waals surface area (Å²) in [6.45, 7) is 2.05. The van der Waals surface area contributed by atoms with E-state index < -0.39 is 0 Å². The summed E-state index contributed by atoms with van der Waals surface area (Å²) in [4.78, 5) is 17.0. The highest BCUT2D eigenvalue weighted by atomic mass is 16.5. The molecule has 1 aliphatic heterocycles. The molecule has 1 atom stereocenters. The molecule has 1 amide bonds. The Morgan fingerprint density at radius 3 is 2.68 bits per heavy atom. The van der Waals surface area contributed by atoms with Gasteiger partial charge >= 0.3 is 0 Å². The first-order chi connectivity index (χ1) is 13.7. The lowest BCUT2D eigenvalue weighted by Crippen LogP contribution is -2.31. The first kappa shape index (κ1) is 17.2. The average Bonchev–Trinajstić information content (AvgIpc) is 3.43. The molecule has 1 saturated carbocycles. The lowest BCUT2D eigenvalue weighted by Gasteiger charge is -2.23.